The van der Waals surface area contributed by atoms with Crippen LogP contribution in [0, 0.1) is 6.92 Å². The third-order valence-electron chi connectivity index (χ3n) is 1.85. The van der Waals surface area contributed by atoms with E-state index in [1.54, 1.807) is 0 Å². The van der Waals surface area contributed by atoms with Gasteiger partial charge in [-0.1, -0.05) is 0 Å². The Morgan fingerprint density at radius 3 is 3.00 bits per heavy atom. The van der Waals surface area contributed by atoms with Gasteiger partial charge in [-0.3, -0.25) is 0 Å². The quantitative estimate of drug-likeness (QED) is 0.827. The lowest BCUT2D eigenvalue weighted by Gasteiger charge is -1.97. The minimum Gasteiger partial charge on any atom is -0.390 e. The largest absolute Gasteiger partial charge is 0.390 e. The van der Waals surface area contributed by atoms with Crippen LogP contribution in [-0.2, 0) is 6.61 Å². The van der Waals surface area contributed by atoms with Gasteiger partial charge in [-0.25, -0.2) is 4.98 Å². The third kappa shape index (κ3) is 1.47. The monoisotopic (exact) mass is 240 g/mol. The number of imidazole rings is 1. The van der Waals surface area contributed by atoms with Crippen molar-refractivity contribution in [1.82, 2.24) is 9.38 Å². The zero-order chi connectivity index (χ0) is 9.42. The highest BCUT2D eigenvalue weighted by atomic mass is 79.9. The molecule has 0 saturated carbocycles. The van der Waals surface area contributed by atoms with Gasteiger partial charge in [-0.15, -0.1) is 0 Å². The number of nitrogens with zero attached hydrogens (tertiary/aromatic N) is 2. The topological polar surface area (TPSA) is 37.5 Å². The van der Waals surface area contributed by atoms with Crippen LogP contribution in [0.1, 0.15) is 11.3 Å². The molecular weight excluding hydrogens is 232 g/mol. The van der Waals surface area contributed by atoms with Crippen LogP contribution in [0.3, 0.4) is 0 Å². The highest BCUT2D eigenvalue weighted by Crippen LogP contribution is 2.19. The summed E-state index contributed by atoms with van der Waals surface area (Å²) in [5.74, 6) is 0. The molecule has 2 aromatic rings. The smallest absolute Gasteiger partial charge is 0.151 e. The molecule has 0 unspecified atom stereocenters. The van der Waals surface area contributed by atoms with E-state index in [2.05, 4.69) is 20.9 Å². The molecule has 68 valence electrons. The van der Waals surface area contributed by atoms with Gasteiger partial charge in [0.05, 0.1) is 16.8 Å². The molecule has 0 fully saturated rings. The fraction of sp³-hybridized carbons (Fsp3) is 0.222. The van der Waals surface area contributed by atoms with Crippen molar-refractivity contribution >= 4 is 21.6 Å². The molecule has 0 aliphatic heterocycles. The van der Waals surface area contributed by atoms with E-state index in [1.807, 2.05) is 29.8 Å². The highest BCUT2D eigenvalue weighted by Gasteiger charge is 2.04. The lowest BCUT2D eigenvalue weighted by Crippen LogP contribution is -1.85. The molecule has 13 heavy (non-hydrogen) atoms. The van der Waals surface area contributed by atoms with Crippen LogP contribution in [0.5, 0.6) is 0 Å². The third-order valence-corrected chi connectivity index (χ3v) is 2.44. The second-order valence-electron chi connectivity index (χ2n) is 2.99. The molecule has 0 amide bonds. The molecule has 0 saturated heterocycles. The van der Waals surface area contributed by atoms with Crippen LogP contribution in [0.2, 0.25) is 0 Å². The zero-order valence-electron chi connectivity index (χ0n) is 7.16. The van der Waals surface area contributed by atoms with Crippen LogP contribution in [0.4, 0.5) is 0 Å². The first-order valence-electron chi connectivity index (χ1n) is 3.95. The first kappa shape index (κ1) is 8.72. The summed E-state index contributed by atoms with van der Waals surface area (Å²) in [6.45, 7) is 2.00. The predicted molar refractivity (Wildman–Crippen MR) is 53.6 cm³/mol. The van der Waals surface area contributed by atoms with Gasteiger partial charge < -0.3 is 9.51 Å². The molecule has 4 heteroatoms. The van der Waals surface area contributed by atoms with E-state index in [0.717, 1.165) is 15.7 Å². The van der Waals surface area contributed by atoms with Crippen molar-refractivity contribution in [1.29, 1.82) is 0 Å². The van der Waals surface area contributed by atoms with E-state index in [9.17, 15) is 0 Å². The molecule has 2 aromatic heterocycles. The Morgan fingerprint density at radius 1 is 1.54 bits per heavy atom. The maximum absolute atomic E-state index is 8.91. The van der Waals surface area contributed by atoms with Crippen molar-refractivity contribution in [3.63, 3.8) is 0 Å². The van der Waals surface area contributed by atoms with Crippen LogP contribution in [-0.4, -0.2) is 14.5 Å². The maximum Gasteiger partial charge on any atom is 0.151 e. The summed E-state index contributed by atoms with van der Waals surface area (Å²) in [7, 11) is 0. The van der Waals surface area contributed by atoms with Gasteiger partial charge in [-0.2, -0.15) is 0 Å². The average molecular weight is 241 g/mol. The lowest BCUT2D eigenvalue weighted by molar-refractivity contribution is 0.277. The Kier molecular flexibility index (Phi) is 2.09. The molecule has 0 aliphatic carbocycles. The van der Waals surface area contributed by atoms with Gasteiger partial charge in [0.25, 0.3) is 0 Å². The van der Waals surface area contributed by atoms with E-state index in [4.69, 9.17) is 5.11 Å². The van der Waals surface area contributed by atoms with Crippen LogP contribution < -0.4 is 0 Å². The summed E-state index contributed by atoms with van der Waals surface area (Å²) in [6, 6.07) is 2.00. The number of halogens is 1. The number of rotatable bonds is 1. The molecule has 0 atom stereocenters. The van der Waals surface area contributed by atoms with Crippen molar-refractivity contribution in [3.8, 4) is 0 Å². The number of hydrogen-bond acceptors (Lipinski definition) is 2. The van der Waals surface area contributed by atoms with Crippen LogP contribution in [0.25, 0.3) is 5.65 Å². The summed E-state index contributed by atoms with van der Waals surface area (Å²) < 4.78 is 2.86. The second kappa shape index (κ2) is 3.12. The lowest BCUT2D eigenvalue weighted by atomic mass is 10.3. The number of aryl methyl sites for hydroxylation is 1. The van der Waals surface area contributed by atoms with Gasteiger partial charge in [-0.05, 0) is 34.5 Å². The van der Waals surface area contributed by atoms with E-state index in [1.165, 1.54) is 0 Å². The number of aromatic nitrogens is 2. The number of pyridine rings is 1. The molecule has 0 aromatic carbocycles. The fourth-order valence-electron chi connectivity index (χ4n) is 1.32. The van der Waals surface area contributed by atoms with Crippen molar-refractivity contribution in [2.24, 2.45) is 0 Å². The van der Waals surface area contributed by atoms with Gasteiger partial charge in [0.2, 0.25) is 0 Å². The van der Waals surface area contributed by atoms with Crippen molar-refractivity contribution in [2.75, 3.05) is 0 Å². The van der Waals surface area contributed by atoms with Crippen molar-refractivity contribution < 1.29 is 5.11 Å². The first-order valence-corrected chi connectivity index (χ1v) is 4.74. The Hall–Kier alpha value is -0.870. The van der Waals surface area contributed by atoms with Crippen LogP contribution >= 0.6 is 15.9 Å². The molecule has 0 spiro atoms. The summed E-state index contributed by atoms with van der Waals surface area (Å²) in [5.41, 5.74) is 2.68. The van der Waals surface area contributed by atoms with Gasteiger partial charge in [0.1, 0.15) is 0 Å². The second-order valence-corrected chi connectivity index (χ2v) is 3.84. The molecule has 1 N–H and O–H groups in total. The molecule has 0 radical (unpaired) electrons. The fourth-order valence-corrected chi connectivity index (χ4v) is 1.97. The Balaban J connectivity index is 2.75. The van der Waals surface area contributed by atoms with E-state index in [-0.39, 0.29) is 6.61 Å². The number of hydrogen-bond donors (Lipinski definition) is 1. The average Bonchev–Trinajstić information content (AvgIpc) is 2.47. The van der Waals surface area contributed by atoms with E-state index < -0.39 is 0 Å². The van der Waals surface area contributed by atoms with Crippen molar-refractivity contribution in [2.45, 2.75) is 13.5 Å². The Labute approximate surface area is 84.2 Å². The van der Waals surface area contributed by atoms with Gasteiger partial charge in [0, 0.05) is 12.4 Å². The zero-order valence-corrected chi connectivity index (χ0v) is 8.74. The molecule has 0 aliphatic rings. The first-order chi connectivity index (χ1) is 6.20. The van der Waals surface area contributed by atoms with Gasteiger partial charge >= 0.3 is 0 Å². The Bertz CT molecular complexity index is 450. The number of aliphatic hydroxyl groups is 1. The number of aliphatic hydroxyl groups excluding tert-OH is 1. The van der Waals surface area contributed by atoms with E-state index in [0.29, 0.717) is 5.69 Å². The molecular formula is C9H9BrN2O. The molecule has 0 bridgehead atoms. The molecule has 2 rings (SSSR count). The van der Waals surface area contributed by atoms with Gasteiger partial charge in [0.15, 0.2) is 5.65 Å². The minimum atomic E-state index is -0.0207. The summed E-state index contributed by atoms with van der Waals surface area (Å²) in [5, 5.41) is 8.91. The Morgan fingerprint density at radius 2 is 2.31 bits per heavy atom. The molecule has 3 nitrogen and oxygen atoms in total. The SMILES string of the molecule is Cc1cc(Br)c2nc(CO)cn2c1. The normalized spacial score (nSPS) is 11.0. The van der Waals surface area contributed by atoms with Crippen molar-refractivity contribution in [3.05, 3.63) is 34.2 Å². The number of fused-ring (bicyclic) bond motifs is 1. The van der Waals surface area contributed by atoms with Crippen LogP contribution in [0.15, 0.2) is 22.9 Å². The molecule has 2 heterocycles. The van der Waals surface area contributed by atoms with E-state index >= 15 is 0 Å². The summed E-state index contributed by atoms with van der Waals surface area (Å²) in [6.07, 6.45) is 3.80. The highest BCUT2D eigenvalue weighted by molar-refractivity contribution is 9.10. The predicted octanol–water partition coefficient (Wildman–Crippen LogP) is 1.90. The summed E-state index contributed by atoms with van der Waals surface area (Å²) in [4.78, 5) is 4.24. The maximum atomic E-state index is 8.91. The summed E-state index contributed by atoms with van der Waals surface area (Å²) >= 11 is 3.43. The standard InChI is InChI=1S/C9H9BrN2O/c1-6-2-8(10)9-11-7(5-13)4-12(9)3-6/h2-4,13H,5H2,1H3. The minimum absolute atomic E-state index is 0.0207.